The maximum Gasteiger partial charge on any atom is 0.0340 e. The summed E-state index contributed by atoms with van der Waals surface area (Å²) >= 11 is 5.52. The van der Waals surface area contributed by atoms with Crippen molar-refractivity contribution in [1.82, 2.24) is 10.2 Å². The van der Waals surface area contributed by atoms with Gasteiger partial charge in [-0.1, -0.05) is 0 Å². The third kappa shape index (κ3) is 2.82. The lowest BCUT2D eigenvalue weighted by Gasteiger charge is -2.33. The van der Waals surface area contributed by atoms with Crippen LogP contribution in [0.15, 0.2) is 15.9 Å². The van der Waals surface area contributed by atoms with Crippen molar-refractivity contribution in [2.75, 3.05) is 19.6 Å². The molecule has 3 rings (SSSR count). The molecule has 1 saturated heterocycles. The average Bonchev–Trinajstić information content (AvgIpc) is 3.12. The standard InChI is InChI=1S/C14H21BrN2S/c1-14(11-3-4-11)10-17(7-2-6-16-14)9-13-12(15)5-8-18-13/h5,8,11,16H,2-4,6-7,9-10H2,1H3. The Labute approximate surface area is 122 Å². The molecule has 0 spiro atoms. The smallest absolute Gasteiger partial charge is 0.0340 e. The lowest BCUT2D eigenvalue weighted by molar-refractivity contribution is 0.196. The van der Waals surface area contributed by atoms with Crippen LogP contribution in [0.25, 0.3) is 0 Å². The largest absolute Gasteiger partial charge is 0.310 e. The van der Waals surface area contributed by atoms with Gasteiger partial charge >= 0.3 is 0 Å². The minimum Gasteiger partial charge on any atom is -0.310 e. The summed E-state index contributed by atoms with van der Waals surface area (Å²) in [7, 11) is 0. The fourth-order valence-electron chi connectivity index (χ4n) is 3.05. The van der Waals surface area contributed by atoms with Gasteiger partial charge in [-0.25, -0.2) is 0 Å². The van der Waals surface area contributed by atoms with Crippen LogP contribution in [0.4, 0.5) is 0 Å². The summed E-state index contributed by atoms with van der Waals surface area (Å²) in [6.07, 6.45) is 4.10. The molecule has 2 aliphatic rings. The lowest BCUT2D eigenvalue weighted by atomic mass is 9.95. The Hall–Kier alpha value is 0.1000. The molecule has 0 amide bonds. The molecule has 2 fully saturated rings. The maximum atomic E-state index is 3.79. The van der Waals surface area contributed by atoms with Crippen molar-refractivity contribution in [1.29, 1.82) is 0 Å². The van der Waals surface area contributed by atoms with Crippen LogP contribution in [-0.2, 0) is 6.54 Å². The van der Waals surface area contributed by atoms with Crippen molar-refractivity contribution in [2.24, 2.45) is 5.92 Å². The number of hydrogen-bond donors (Lipinski definition) is 1. The van der Waals surface area contributed by atoms with Crippen LogP contribution in [-0.4, -0.2) is 30.1 Å². The van der Waals surface area contributed by atoms with E-state index >= 15 is 0 Å². The molecule has 18 heavy (non-hydrogen) atoms. The van der Waals surface area contributed by atoms with Crippen molar-refractivity contribution < 1.29 is 0 Å². The number of nitrogens with one attached hydrogen (secondary N) is 1. The highest BCUT2D eigenvalue weighted by Gasteiger charge is 2.42. The van der Waals surface area contributed by atoms with Crippen molar-refractivity contribution in [3.05, 3.63) is 20.8 Å². The van der Waals surface area contributed by atoms with Gasteiger partial charge in [-0.3, -0.25) is 4.90 Å². The molecule has 4 heteroatoms. The van der Waals surface area contributed by atoms with Crippen LogP contribution in [0.2, 0.25) is 0 Å². The van der Waals surface area contributed by atoms with E-state index in [1.54, 1.807) is 0 Å². The molecule has 0 aromatic carbocycles. The van der Waals surface area contributed by atoms with Gasteiger partial charge in [-0.05, 0) is 72.6 Å². The van der Waals surface area contributed by atoms with Crippen molar-refractivity contribution in [3.63, 3.8) is 0 Å². The van der Waals surface area contributed by atoms with E-state index in [4.69, 9.17) is 0 Å². The van der Waals surface area contributed by atoms with E-state index in [1.807, 2.05) is 11.3 Å². The van der Waals surface area contributed by atoms with Crippen LogP contribution in [0.1, 0.15) is 31.1 Å². The molecular formula is C14H21BrN2S. The first kappa shape index (κ1) is 13.1. The molecule has 1 aliphatic carbocycles. The summed E-state index contributed by atoms with van der Waals surface area (Å²) in [5, 5.41) is 5.97. The Morgan fingerprint density at radius 1 is 1.56 bits per heavy atom. The Bertz CT molecular complexity index is 416. The molecule has 1 aromatic heterocycles. The average molecular weight is 329 g/mol. The van der Waals surface area contributed by atoms with Crippen molar-refractivity contribution in [3.8, 4) is 0 Å². The number of halogens is 1. The van der Waals surface area contributed by atoms with Crippen molar-refractivity contribution in [2.45, 2.75) is 38.3 Å². The number of thiophene rings is 1. The zero-order valence-electron chi connectivity index (χ0n) is 10.9. The Morgan fingerprint density at radius 3 is 3.06 bits per heavy atom. The van der Waals surface area contributed by atoms with Crippen LogP contribution in [0.3, 0.4) is 0 Å². The van der Waals surface area contributed by atoms with Crippen LogP contribution in [0, 0.1) is 5.92 Å². The maximum absolute atomic E-state index is 3.79. The van der Waals surface area contributed by atoms with Gasteiger partial charge in [-0.2, -0.15) is 0 Å². The third-order valence-electron chi connectivity index (χ3n) is 4.27. The minimum atomic E-state index is 0.347. The fraction of sp³-hybridized carbons (Fsp3) is 0.714. The summed E-state index contributed by atoms with van der Waals surface area (Å²) in [4.78, 5) is 4.10. The van der Waals surface area contributed by atoms with Gasteiger partial charge in [0.1, 0.15) is 0 Å². The second-order valence-electron chi connectivity index (χ2n) is 5.87. The molecule has 0 radical (unpaired) electrons. The first-order valence-corrected chi connectivity index (χ1v) is 8.54. The molecule has 1 aromatic rings. The van der Waals surface area contributed by atoms with E-state index in [2.05, 4.69) is 44.5 Å². The highest BCUT2D eigenvalue weighted by atomic mass is 79.9. The number of hydrogen-bond acceptors (Lipinski definition) is 3. The molecule has 1 aliphatic heterocycles. The summed E-state index contributed by atoms with van der Waals surface area (Å²) in [5.74, 6) is 0.907. The minimum absolute atomic E-state index is 0.347. The summed E-state index contributed by atoms with van der Waals surface area (Å²) in [6.45, 7) is 7.12. The highest BCUT2D eigenvalue weighted by molar-refractivity contribution is 9.10. The second kappa shape index (κ2) is 5.23. The molecule has 1 unspecified atom stereocenters. The van der Waals surface area contributed by atoms with E-state index < -0.39 is 0 Å². The first-order chi connectivity index (χ1) is 8.67. The molecule has 1 N–H and O–H groups in total. The molecule has 2 nitrogen and oxygen atoms in total. The van der Waals surface area contributed by atoms with Gasteiger partial charge in [0.25, 0.3) is 0 Å². The lowest BCUT2D eigenvalue weighted by Crippen LogP contribution is -2.50. The van der Waals surface area contributed by atoms with Gasteiger partial charge in [0, 0.05) is 28.0 Å². The van der Waals surface area contributed by atoms with Gasteiger partial charge in [0.2, 0.25) is 0 Å². The number of rotatable bonds is 3. The fourth-order valence-corrected chi connectivity index (χ4v) is 4.56. The predicted octanol–water partition coefficient (Wildman–Crippen LogP) is 3.47. The molecule has 0 bridgehead atoms. The van der Waals surface area contributed by atoms with Gasteiger partial charge in [0.05, 0.1) is 0 Å². The normalized spacial score (nSPS) is 30.3. The van der Waals surface area contributed by atoms with Crippen LogP contribution in [0.5, 0.6) is 0 Å². The molecule has 100 valence electrons. The van der Waals surface area contributed by atoms with E-state index in [9.17, 15) is 0 Å². The van der Waals surface area contributed by atoms with Gasteiger partial charge in [-0.15, -0.1) is 11.3 Å². The van der Waals surface area contributed by atoms with Gasteiger partial charge in [0.15, 0.2) is 0 Å². The third-order valence-corrected chi connectivity index (χ3v) is 6.18. The second-order valence-corrected chi connectivity index (χ2v) is 7.73. The predicted molar refractivity (Wildman–Crippen MR) is 81.0 cm³/mol. The summed E-state index contributed by atoms with van der Waals surface area (Å²) < 4.78 is 1.28. The number of nitrogens with zero attached hydrogens (tertiary/aromatic N) is 1. The SMILES string of the molecule is CC1(C2CC2)CN(Cc2sccc2Br)CCCN1. The highest BCUT2D eigenvalue weighted by Crippen LogP contribution is 2.40. The Kier molecular flexibility index (Phi) is 3.81. The monoisotopic (exact) mass is 328 g/mol. The molecule has 1 atom stereocenters. The van der Waals surface area contributed by atoms with Crippen LogP contribution < -0.4 is 5.32 Å². The molecule has 2 heterocycles. The summed E-state index contributed by atoms with van der Waals surface area (Å²) in [6, 6.07) is 2.16. The molecule has 1 saturated carbocycles. The molecular weight excluding hydrogens is 308 g/mol. The van der Waals surface area contributed by atoms with Gasteiger partial charge < -0.3 is 5.32 Å². The zero-order chi connectivity index (χ0) is 12.6. The van der Waals surface area contributed by atoms with E-state index in [1.165, 1.54) is 48.2 Å². The van der Waals surface area contributed by atoms with E-state index in [0.717, 1.165) is 12.5 Å². The Morgan fingerprint density at radius 2 is 2.39 bits per heavy atom. The van der Waals surface area contributed by atoms with Crippen LogP contribution >= 0.6 is 27.3 Å². The topological polar surface area (TPSA) is 15.3 Å². The Balaban J connectivity index is 1.69. The van der Waals surface area contributed by atoms with E-state index in [-0.39, 0.29) is 0 Å². The first-order valence-electron chi connectivity index (χ1n) is 6.87. The van der Waals surface area contributed by atoms with Crippen molar-refractivity contribution >= 4 is 27.3 Å². The summed E-state index contributed by atoms with van der Waals surface area (Å²) in [5.41, 5.74) is 0.347. The quantitative estimate of drug-likeness (QED) is 0.913. The van der Waals surface area contributed by atoms with E-state index in [0.29, 0.717) is 5.54 Å². The zero-order valence-corrected chi connectivity index (χ0v) is 13.3.